The first-order valence-electron chi connectivity index (χ1n) is 6.85. The first kappa shape index (κ1) is 13.1. The van der Waals surface area contributed by atoms with Crippen LogP contribution in [0, 0.1) is 0 Å². The number of rotatable bonds is 4. The lowest BCUT2D eigenvalue weighted by Crippen LogP contribution is -2.02. The van der Waals surface area contributed by atoms with Crippen molar-refractivity contribution < 1.29 is 4.79 Å². The van der Waals surface area contributed by atoms with Crippen LogP contribution in [0.4, 0.5) is 0 Å². The zero-order valence-corrected chi connectivity index (χ0v) is 12.4. The quantitative estimate of drug-likeness (QED) is 0.464. The average molecular weight is 308 g/mol. The number of H-pyrrole nitrogens is 1. The van der Waals surface area contributed by atoms with E-state index in [-0.39, 0.29) is 5.78 Å². The van der Waals surface area contributed by atoms with Crippen LogP contribution in [0.15, 0.2) is 60.0 Å². The normalized spacial score (nSPS) is 11.3. The molecule has 3 aromatic heterocycles. The van der Waals surface area contributed by atoms with Gasteiger partial charge in [0, 0.05) is 28.9 Å². The highest BCUT2D eigenvalue weighted by atomic mass is 32.2. The van der Waals surface area contributed by atoms with E-state index < -0.39 is 0 Å². The number of Topliss-reactive ketones (excluding diaryl/α,β-unsaturated/α-hetero) is 1. The summed E-state index contributed by atoms with van der Waals surface area (Å²) < 4.78 is 1.88. The second kappa shape index (κ2) is 5.31. The molecule has 0 unspecified atom stereocenters. The van der Waals surface area contributed by atoms with Gasteiger partial charge < -0.3 is 4.98 Å². The molecule has 22 heavy (non-hydrogen) atoms. The minimum absolute atomic E-state index is 0.0788. The lowest BCUT2D eigenvalue weighted by molar-refractivity contribution is 0.102. The molecular formula is C16H12N4OS. The van der Waals surface area contributed by atoms with Crippen molar-refractivity contribution >= 4 is 34.1 Å². The first-order valence-corrected chi connectivity index (χ1v) is 7.83. The van der Waals surface area contributed by atoms with Gasteiger partial charge in [0.25, 0.3) is 0 Å². The molecule has 108 valence electrons. The molecule has 1 aromatic carbocycles. The fourth-order valence-electron chi connectivity index (χ4n) is 2.43. The fourth-order valence-corrected chi connectivity index (χ4v) is 3.24. The van der Waals surface area contributed by atoms with E-state index in [4.69, 9.17) is 0 Å². The van der Waals surface area contributed by atoms with Crippen molar-refractivity contribution in [1.29, 1.82) is 0 Å². The van der Waals surface area contributed by atoms with Crippen LogP contribution in [-0.2, 0) is 0 Å². The van der Waals surface area contributed by atoms with E-state index in [1.54, 1.807) is 6.20 Å². The Morgan fingerprint density at radius 1 is 1.14 bits per heavy atom. The van der Waals surface area contributed by atoms with E-state index in [1.165, 1.54) is 11.8 Å². The van der Waals surface area contributed by atoms with Gasteiger partial charge in [-0.15, -0.1) is 10.2 Å². The number of fused-ring (bicyclic) bond motifs is 2. The Kier molecular flexibility index (Phi) is 3.16. The van der Waals surface area contributed by atoms with Crippen molar-refractivity contribution in [1.82, 2.24) is 19.6 Å². The predicted octanol–water partition coefficient (Wildman–Crippen LogP) is 3.19. The van der Waals surface area contributed by atoms with Crippen LogP contribution < -0.4 is 0 Å². The van der Waals surface area contributed by atoms with Gasteiger partial charge >= 0.3 is 0 Å². The van der Waals surface area contributed by atoms with E-state index in [0.717, 1.165) is 27.3 Å². The highest BCUT2D eigenvalue weighted by Crippen LogP contribution is 2.22. The zero-order chi connectivity index (χ0) is 14.9. The molecule has 0 saturated heterocycles. The van der Waals surface area contributed by atoms with Crippen molar-refractivity contribution in [2.24, 2.45) is 0 Å². The maximum atomic E-state index is 12.5. The van der Waals surface area contributed by atoms with Crippen LogP contribution in [0.25, 0.3) is 16.6 Å². The molecule has 3 heterocycles. The van der Waals surface area contributed by atoms with Crippen LogP contribution in [0.2, 0.25) is 0 Å². The number of thioether (sulfide) groups is 1. The SMILES string of the molecule is O=C(CSc1nnc2ccccn12)c1c[nH]c2ccccc12. The van der Waals surface area contributed by atoms with Gasteiger partial charge in [0.1, 0.15) is 0 Å². The van der Waals surface area contributed by atoms with E-state index >= 15 is 0 Å². The van der Waals surface area contributed by atoms with Gasteiger partial charge in [-0.05, 0) is 18.2 Å². The number of nitrogens with zero attached hydrogens (tertiary/aromatic N) is 3. The molecule has 1 N–H and O–H groups in total. The molecule has 0 saturated carbocycles. The van der Waals surface area contributed by atoms with Crippen LogP contribution in [0.3, 0.4) is 0 Å². The summed E-state index contributed by atoms with van der Waals surface area (Å²) in [5, 5.41) is 9.89. The van der Waals surface area contributed by atoms with Crippen LogP contribution in [0.5, 0.6) is 0 Å². The van der Waals surface area contributed by atoms with Crippen LogP contribution in [-0.4, -0.2) is 31.1 Å². The monoisotopic (exact) mass is 308 g/mol. The maximum absolute atomic E-state index is 12.5. The summed E-state index contributed by atoms with van der Waals surface area (Å²) in [6.07, 6.45) is 3.67. The number of hydrogen-bond acceptors (Lipinski definition) is 4. The Labute approximate surface area is 130 Å². The van der Waals surface area contributed by atoms with Gasteiger partial charge in [-0.25, -0.2) is 0 Å². The third-order valence-corrected chi connectivity index (χ3v) is 4.45. The van der Waals surface area contributed by atoms with Gasteiger partial charge in [0.15, 0.2) is 16.6 Å². The molecule has 0 atom stereocenters. The highest BCUT2D eigenvalue weighted by molar-refractivity contribution is 7.99. The number of carbonyl (C=O) groups is 1. The maximum Gasteiger partial charge on any atom is 0.196 e. The molecule has 5 nitrogen and oxygen atoms in total. The molecule has 4 aromatic rings. The average Bonchev–Trinajstić information content (AvgIpc) is 3.17. The number of para-hydroxylation sites is 1. The smallest absolute Gasteiger partial charge is 0.196 e. The van der Waals surface area contributed by atoms with Crippen molar-refractivity contribution in [2.45, 2.75) is 5.16 Å². The number of hydrogen-bond donors (Lipinski definition) is 1. The Morgan fingerprint density at radius 3 is 2.95 bits per heavy atom. The summed E-state index contributed by atoms with van der Waals surface area (Å²) in [4.78, 5) is 15.6. The summed E-state index contributed by atoms with van der Waals surface area (Å²) in [6, 6.07) is 13.5. The van der Waals surface area contributed by atoms with E-state index in [0.29, 0.717) is 5.75 Å². The molecule has 4 rings (SSSR count). The fraction of sp³-hybridized carbons (Fsp3) is 0.0625. The van der Waals surface area contributed by atoms with Crippen LogP contribution >= 0.6 is 11.8 Å². The minimum Gasteiger partial charge on any atom is -0.360 e. The molecule has 6 heteroatoms. The molecule has 0 amide bonds. The first-order chi connectivity index (χ1) is 10.8. The van der Waals surface area contributed by atoms with E-state index in [1.807, 2.05) is 53.1 Å². The molecule has 0 aliphatic carbocycles. The summed E-state index contributed by atoms with van der Waals surface area (Å²) in [5.74, 6) is 0.410. The van der Waals surface area contributed by atoms with Crippen molar-refractivity contribution in [3.05, 3.63) is 60.4 Å². The largest absolute Gasteiger partial charge is 0.360 e. The van der Waals surface area contributed by atoms with E-state index in [9.17, 15) is 4.79 Å². The van der Waals surface area contributed by atoms with Gasteiger partial charge in [0.05, 0.1) is 5.75 Å². The number of benzene rings is 1. The van der Waals surface area contributed by atoms with Gasteiger partial charge in [-0.2, -0.15) is 0 Å². The topological polar surface area (TPSA) is 63.1 Å². The Balaban J connectivity index is 1.57. The summed E-state index contributed by atoms with van der Waals surface area (Å²) >= 11 is 1.40. The van der Waals surface area contributed by atoms with Gasteiger partial charge in [-0.3, -0.25) is 9.20 Å². The third-order valence-electron chi connectivity index (χ3n) is 3.50. The third kappa shape index (κ3) is 2.17. The zero-order valence-electron chi connectivity index (χ0n) is 11.6. The Morgan fingerprint density at radius 2 is 2.00 bits per heavy atom. The number of carbonyl (C=O) groups excluding carboxylic acids is 1. The Hall–Kier alpha value is -2.60. The van der Waals surface area contributed by atoms with Crippen molar-refractivity contribution in [2.75, 3.05) is 5.75 Å². The predicted molar refractivity (Wildman–Crippen MR) is 86.3 cm³/mol. The second-order valence-electron chi connectivity index (χ2n) is 4.87. The number of aromatic amines is 1. The molecule has 0 aliphatic rings. The van der Waals surface area contributed by atoms with E-state index in [2.05, 4.69) is 15.2 Å². The number of aromatic nitrogens is 4. The highest BCUT2D eigenvalue weighted by Gasteiger charge is 2.14. The van der Waals surface area contributed by atoms with Crippen molar-refractivity contribution in [3.8, 4) is 0 Å². The summed E-state index contributed by atoms with van der Waals surface area (Å²) in [5.41, 5.74) is 2.48. The number of ketones is 1. The number of pyridine rings is 1. The summed E-state index contributed by atoms with van der Waals surface area (Å²) in [6.45, 7) is 0. The summed E-state index contributed by atoms with van der Waals surface area (Å²) in [7, 11) is 0. The minimum atomic E-state index is 0.0788. The van der Waals surface area contributed by atoms with Crippen molar-refractivity contribution in [3.63, 3.8) is 0 Å². The lowest BCUT2D eigenvalue weighted by atomic mass is 10.1. The standard InChI is InChI=1S/C16H12N4OS/c21-14(12-9-17-13-6-2-1-5-11(12)13)10-22-16-19-18-15-7-3-4-8-20(15)16/h1-9,17H,10H2. The molecule has 0 fully saturated rings. The molecular weight excluding hydrogens is 296 g/mol. The number of nitrogens with one attached hydrogen (secondary N) is 1. The van der Waals surface area contributed by atoms with Crippen LogP contribution in [0.1, 0.15) is 10.4 Å². The van der Waals surface area contributed by atoms with Gasteiger partial charge in [0.2, 0.25) is 0 Å². The molecule has 0 aliphatic heterocycles. The lowest BCUT2D eigenvalue weighted by Gasteiger charge is -1.99. The Bertz CT molecular complexity index is 972. The second-order valence-corrected chi connectivity index (χ2v) is 5.81. The molecule has 0 spiro atoms. The van der Waals surface area contributed by atoms with Gasteiger partial charge in [-0.1, -0.05) is 36.0 Å². The molecule has 0 bridgehead atoms. The molecule has 0 radical (unpaired) electrons.